The number of hydrogen-bond donors (Lipinski definition) is 3. The van der Waals surface area contributed by atoms with E-state index in [0.717, 1.165) is 6.07 Å². The maximum atomic E-state index is 14.5. The zero-order valence-corrected chi connectivity index (χ0v) is 16.7. The van der Waals surface area contributed by atoms with Gasteiger partial charge in [0.15, 0.2) is 11.5 Å². The summed E-state index contributed by atoms with van der Waals surface area (Å²) in [5.74, 6) is -0.595. The van der Waals surface area contributed by atoms with Crippen molar-refractivity contribution in [2.75, 3.05) is 5.73 Å². The average Bonchev–Trinajstić information content (AvgIpc) is 3.09. The van der Waals surface area contributed by atoms with Gasteiger partial charge in [0.25, 0.3) is 0 Å². The Labute approximate surface area is 167 Å². The van der Waals surface area contributed by atoms with Crippen LogP contribution in [0.1, 0.15) is 32.6 Å². The van der Waals surface area contributed by atoms with Gasteiger partial charge in [0.05, 0.1) is 17.5 Å². The maximum Gasteiger partial charge on any atom is 0.243 e. The van der Waals surface area contributed by atoms with E-state index in [1.807, 2.05) is 0 Å². The van der Waals surface area contributed by atoms with Crippen molar-refractivity contribution >= 4 is 21.5 Å². The summed E-state index contributed by atoms with van der Waals surface area (Å²) in [6, 6.07) is 3.56. The summed E-state index contributed by atoms with van der Waals surface area (Å²) in [4.78, 5) is 7.75. The Morgan fingerprint density at radius 1 is 1.31 bits per heavy atom. The molecule has 1 aliphatic carbocycles. The number of aliphatic hydroxyl groups is 1. The molecule has 1 aromatic carbocycles. The van der Waals surface area contributed by atoms with Crippen LogP contribution in [0.5, 0.6) is 0 Å². The minimum absolute atomic E-state index is 0.239. The third-order valence-electron chi connectivity index (χ3n) is 5.36. The van der Waals surface area contributed by atoms with Crippen LogP contribution in [-0.4, -0.2) is 39.5 Å². The summed E-state index contributed by atoms with van der Waals surface area (Å²) in [6.07, 6.45) is 6.65. The van der Waals surface area contributed by atoms with Gasteiger partial charge in [0.2, 0.25) is 10.0 Å². The largest absolute Gasteiger partial charge is 0.390 e. The van der Waals surface area contributed by atoms with E-state index in [1.54, 1.807) is 17.5 Å². The Bertz CT molecular complexity index is 1170. The number of nitrogens with zero attached hydrogens (tertiary/aromatic N) is 3. The number of imidazole rings is 1. The van der Waals surface area contributed by atoms with Crippen LogP contribution in [0.4, 0.5) is 10.2 Å². The number of hydrogen-bond acceptors (Lipinski definition) is 6. The molecule has 4 N–H and O–H groups in total. The Kier molecular flexibility index (Phi) is 4.80. The molecule has 2 heterocycles. The van der Waals surface area contributed by atoms with E-state index >= 15 is 0 Å². The van der Waals surface area contributed by atoms with Gasteiger partial charge in [0.1, 0.15) is 10.7 Å². The molecule has 1 aliphatic rings. The summed E-state index contributed by atoms with van der Waals surface area (Å²) in [5, 5.41) is 10.0. The van der Waals surface area contributed by atoms with Crippen LogP contribution in [0, 0.1) is 5.82 Å². The number of nitrogens with two attached hydrogens (primary N) is 1. The topological polar surface area (TPSA) is 123 Å². The number of nitrogens with one attached hydrogen (secondary N) is 1. The Morgan fingerprint density at radius 3 is 2.76 bits per heavy atom. The zero-order valence-electron chi connectivity index (χ0n) is 15.8. The van der Waals surface area contributed by atoms with Crippen molar-refractivity contribution in [3.8, 4) is 11.3 Å². The SMILES string of the molecule is C[C@]1(O)CC[C@@H](NS(=O)(=O)c2cc(-c3cnc4c(N)nccn34)ccc2F)CC1. The first-order chi connectivity index (χ1) is 13.7. The molecule has 154 valence electrons. The van der Waals surface area contributed by atoms with Gasteiger partial charge in [-0.3, -0.25) is 4.40 Å². The molecular weight excluding hydrogens is 397 g/mol. The lowest BCUT2D eigenvalue weighted by molar-refractivity contribution is 0.0163. The highest BCUT2D eigenvalue weighted by Crippen LogP contribution is 2.30. The van der Waals surface area contributed by atoms with Crippen molar-refractivity contribution in [1.29, 1.82) is 0 Å². The van der Waals surface area contributed by atoms with Gasteiger partial charge < -0.3 is 10.8 Å². The normalized spacial score (nSPS) is 22.8. The van der Waals surface area contributed by atoms with Crippen molar-refractivity contribution in [2.24, 2.45) is 0 Å². The first kappa shape index (κ1) is 19.7. The molecule has 29 heavy (non-hydrogen) atoms. The fourth-order valence-corrected chi connectivity index (χ4v) is 5.07. The van der Waals surface area contributed by atoms with E-state index in [4.69, 9.17) is 5.73 Å². The molecule has 0 atom stereocenters. The van der Waals surface area contributed by atoms with Gasteiger partial charge in [-0.25, -0.2) is 27.5 Å². The third kappa shape index (κ3) is 3.83. The highest BCUT2D eigenvalue weighted by Gasteiger charge is 2.32. The van der Waals surface area contributed by atoms with E-state index < -0.39 is 26.3 Å². The summed E-state index contributed by atoms with van der Waals surface area (Å²) in [7, 11) is -4.08. The number of benzene rings is 1. The Hall–Kier alpha value is -2.56. The van der Waals surface area contributed by atoms with Crippen LogP contribution in [0.2, 0.25) is 0 Å². The van der Waals surface area contributed by atoms with Crippen molar-refractivity contribution in [3.63, 3.8) is 0 Å². The van der Waals surface area contributed by atoms with Crippen LogP contribution in [0.25, 0.3) is 16.9 Å². The second kappa shape index (κ2) is 7.05. The Morgan fingerprint density at radius 2 is 2.03 bits per heavy atom. The summed E-state index contributed by atoms with van der Waals surface area (Å²) in [6.45, 7) is 1.74. The first-order valence-electron chi connectivity index (χ1n) is 9.28. The van der Waals surface area contributed by atoms with E-state index in [9.17, 15) is 17.9 Å². The molecule has 0 spiro atoms. The zero-order chi connectivity index (χ0) is 20.8. The lowest BCUT2D eigenvalue weighted by Crippen LogP contribution is -2.42. The molecule has 1 saturated carbocycles. The molecule has 0 unspecified atom stereocenters. The monoisotopic (exact) mass is 419 g/mol. The van der Waals surface area contributed by atoms with Gasteiger partial charge in [-0.2, -0.15) is 0 Å². The first-order valence-corrected chi connectivity index (χ1v) is 10.8. The van der Waals surface area contributed by atoms with Crippen LogP contribution in [0.15, 0.2) is 41.7 Å². The third-order valence-corrected chi connectivity index (χ3v) is 6.89. The van der Waals surface area contributed by atoms with E-state index in [0.29, 0.717) is 42.6 Å². The molecule has 0 radical (unpaired) electrons. The van der Waals surface area contributed by atoms with Gasteiger partial charge >= 0.3 is 0 Å². The highest BCUT2D eigenvalue weighted by molar-refractivity contribution is 7.89. The molecule has 1 fully saturated rings. The smallest absolute Gasteiger partial charge is 0.243 e. The van der Waals surface area contributed by atoms with Crippen LogP contribution >= 0.6 is 0 Å². The number of halogens is 1. The van der Waals surface area contributed by atoms with Crippen LogP contribution < -0.4 is 10.5 Å². The van der Waals surface area contributed by atoms with Crippen LogP contribution in [0.3, 0.4) is 0 Å². The van der Waals surface area contributed by atoms with Crippen molar-refractivity contribution < 1.29 is 17.9 Å². The van der Waals surface area contributed by atoms with Gasteiger partial charge in [-0.05, 0) is 50.8 Å². The molecule has 0 saturated heterocycles. The lowest BCUT2D eigenvalue weighted by atomic mass is 9.84. The molecule has 0 bridgehead atoms. The molecule has 0 aliphatic heterocycles. The minimum atomic E-state index is -4.08. The van der Waals surface area contributed by atoms with Crippen molar-refractivity contribution in [2.45, 2.75) is 49.1 Å². The quantitative estimate of drug-likeness (QED) is 0.595. The average molecular weight is 419 g/mol. The number of rotatable bonds is 4. The second-order valence-corrected chi connectivity index (χ2v) is 9.37. The fourth-order valence-electron chi connectivity index (χ4n) is 3.66. The molecule has 8 nitrogen and oxygen atoms in total. The molecular formula is C19H22FN5O3S. The molecule has 2 aromatic heterocycles. The number of sulfonamides is 1. The van der Waals surface area contributed by atoms with Crippen molar-refractivity contribution in [1.82, 2.24) is 19.1 Å². The van der Waals surface area contributed by atoms with E-state index in [-0.39, 0.29) is 11.9 Å². The highest BCUT2D eigenvalue weighted by atomic mass is 32.2. The Balaban J connectivity index is 1.67. The molecule has 4 rings (SSSR count). The predicted molar refractivity (Wildman–Crippen MR) is 106 cm³/mol. The van der Waals surface area contributed by atoms with Gasteiger partial charge in [-0.1, -0.05) is 0 Å². The van der Waals surface area contributed by atoms with Gasteiger partial charge in [0, 0.05) is 24.0 Å². The molecule has 3 aromatic rings. The number of fused-ring (bicyclic) bond motifs is 1. The minimum Gasteiger partial charge on any atom is -0.390 e. The van der Waals surface area contributed by atoms with Crippen molar-refractivity contribution in [3.05, 3.63) is 42.6 Å². The number of anilines is 1. The van der Waals surface area contributed by atoms with E-state index in [2.05, 4.69) is 14.7 Å². The number of nitrogen functional groups attached to an aromatic ring is 1. The van der Waals surface area contributed by atoms with Crippen LogP contribution in [-0.2, 0) is 10.0 Å². The lowest BCUT2D eigenvalue weighted by Gasteiger charge is -2.33. The molecule has 10 heteroatoms. The fraction of sp³-hybridized carbons (Fsp3) is 0.368. The second-order valence-electron chi connectivity index (χ2n) is 7.69. The number of aromatic nitrogens is 3. The standard InChI is InChI=1S/C19H22FN5O3S/c1-19(26)6-4-13(5-7-19)24-29(27,28)16-10-12(2-3-14(16)20)15-11-23-18-17(21)22-8-9-25(15)18/h2-3,8-11,13,24,26H,4-7H2,1H3,(H2,21,22)/t13-,19+. The summed E-state index contributed by atoms with van der Waals surface area (Å²) >= 11 is 0. The molecule has 0 amide bonds. The van der Waals surface area contributed by atoms with Gasteiger partial charge in [-0.15, -0.1) is 0 Å². The summed E-state index contributed by atoms with van der Waals surface area (Å²) < 4.78 is 44.4. The predicted octanol–water partition coefficient (Wildman–Crippen LogP) is 2.09. The summed E-state index contributed by atoms with van der Waals surface area (Å²) in [5.41, 5.74) is 6.52. The maximum absolute atomic E-state index is 14.5. The van der Waals surface area contributed by atoms with E-state index in [1.165, 1.54) is 24.5 Å².